The molecule has 1 unspecified atom stereocenters. The van der Waals surface area contributed by atoms with Crippen molar-refractivity contribution in [2.24, 2.45) is 0 Å². The number of rotatable bonds is 4. The Hall–Kier alpha value is -1.77. The number of alkyl halides is 3. The molecule has 1 atom stereocenters. The van der Waals surface area contributed by atoms with E-state index in [1.165, 1.54) is 6.07 Å². The molecule has 0 aliphatic carbocycles. The molecule has 116 valence electrons. The van der Waals surface area contributed by atoms with Crippen molar-refractivity contribution in [3.8, 4) is 5.75 Å². The molecule has 2 heterocycles. The number of ether oxygens (including phenoxy) is 1. The topological polar surface area (TPSA) is 66.8 Å². The minimum absolute atomic E-state index is 0.0811. The van der Waals surface area contributed by atoms with Crippen LogP contribution in [0.15, 0.2) is 6.07 Å². The first-order valence-corrected chi connectivity index (χ1v) is 6.81. The number of hydrogen-bond donors (Lipinski definition) is 1. The van der Waals surface area contributed by atoms with Gasteiger partial charge in [0, 0.05) is 17.8 Å². The largest absolute Gasteiger partial charge is 0.479 e. The summed E-state index contributed by atoms with van der Waals surface area (Å²) in [5, 5.41) is 8.79. The number of aryl methyl sites for hydroxylation is 1. The maximum atomic E-state index is 13.9. The van der Waals surface area contributed by atoms with Gasteiger partial charge < -0.3 is 14.7 Å². The average molecular weight is 323 g/mol. The van der Waals surface area contributed by atoms with E-state index in [0.29, 0.717) is 4.88 Å². The average Bonchev–Trinajstić information content (AvgIpc) is 2.93. The van der Waals surface area contributed by atoms with Gasteiger partial charge in [0.1, 0.15) is 10.6 Å². The first-order chi connectivity index (χ1) is 9.73. The maximum Gasteiger partial charge on any atom is 0.387 e. The summed E-state index contributed by atoms with van der Waals surface area (Å²) in [5.41, 5.74) is -2.49. The Morgan fingerprint density at radius 1 is 1.52 bits per heavy atom. The number of likely N-dealkylation sites (tertiary alicyclic amines) is 1. The van der Waals surface area contributed by atoms with Gasteiger partial charge >= 0.3 is 12.6 Å². The van der Waals surface area contributed by atoms with Crippen molar-refractivity contribution in [1.82, 2.24) is 4.90 Å². The van der Waals surface area contributed by atoms with E-state index in [1.54, 1.807) is 6.92 Å². The summed E-state index contributed by atoms with van der Waals surface area (Å²) in [4.78, 5) is 24.5. The van der Waals surface area contributed by atoms with Crippen LogP contribution in [0.1, 0.15) is 21.0 Å². The molecule has 9 heteroatoms. The van der Waals surface area contributed by atoms with Crippen LogP contribution in [0.3, 0.4) is 0 Å². The fourth-order valence-corrected chi connectivity index (χ4v) is 3.00. The van der Waals surface area contributed by atoms with Crippen molar-refractivity contribution in [3.63, 3.8) is 0 Å². The van der Waals surface area contributed by atoms with Crippen molar-refractivity contribution < 1.29 is 32.6 Å². The van der Waals surface area contributed by atoms with Gasteiger partial charge in [-0.3, -0.25) is 4.79 Å². The van der Waals surface area contributed by atoms with Crippen molar-refractivity contribution in [1.29, 1.82) is 0 Å². The maximum absolute atomic E-state index is 13.9. The number of carbonyl (C=O) groups is 2. The molecule has 0 radical (unpaired) electrons. The zero-order valence-electron chi connectivity index (χ0n) is 10.9. The third-order valence-electron chi connectivity index (χ3n) is 3.12. The Bertz CT molecular complexity index is 577. The molecule has 1 amide bonds. The van der Waals surface area contributed by atoms with E-state index in [4.69, 9.17) is 5.11 Å². The van der Waals surface area contributed by atoms with E-state index in [9.17, 15) is 22.8 Å². The Labute approximate surface area is 121 Å². The number of carboxylic acids is 1. The summed E-state index contributed by atoms with van der Waals surface area (Å²) in [6.45, 7) is -2.16. The van der Waals surface area contributed by atoms with Gasteiger partial charge in [0.25, 0.3) is 5.91 Å². The van der Waals surface area contributed by atoms with Crippen LogP contribution in [0.5, 0.6) is 5.75 Å². The molecule has 0 bridgehead atoms. The highest BCUT2D eigenvalue weighted by Crippen LogP contribution is 2.34. The van der Waals surface area contributed by atoms with Crippen LogP contribution in [0.4, 0.5) is 13.2 Å². The molecule has 2 rings (SSSR count). The molecule has 0 saturated carbocycles. The fourth-order valence-electron chi connectivity index (χ4n) is 2.09. The highest BCUT2D eigenvalue weighted by molar-refractivity contribution is 7.14. The molecular weight excluding hydrogens is 311 g/mol. The van der Waals surface area contributed by atoms with Gasteiger partial charge in [0.05, 0.1) is 6.54 Å². The Balaban J connectivity index is 2.20. The molecule has 5 nitrogen and oxygen atoms in total. The predicted molar refractivity (Wildman–Crippen MR) is 67.7 cm³/mol. The lowest BCUT2D eigenvalue weighted by Crippen LogP contribution is -2.38. The molecule has 0 spiro atoms. The SMILES string of the molecule is Cc1cc(OC(F)F)c(C(=O)N2CCC(F)(C(=O)O)C2)s1. The number of thiophene rings is 1. The molecule has 1 aromatic heterocycles. The van der Waals surface area contributed by atoms with Gasteiger partial charge in [-0.2, -0.15) is 8.78 Å². The third kappa shape index (κ3) is 3.12. The molecule has 21 heavy (non-hydrogen) atoms. The Kier molecular flexibility index (Phi) is 4.13. The zero-order chi connectivity index (χ0) is 15.8. The lowest BCUT2D eigenvalue weighted by atomic mass is 10.1. The summed E-state index contributed by atoms with van der Waals surface area (Å²) in [6, 6.07) is 1.29. The van der Waals surface area contributed by atoms with Crippen molar-refractivity contribution in [3.05, 3.63) is 15.8 Å². The van der Waals surface area contributed by atoms with Crippen molar-refractivity contribution in [2.75, 3.05) is 13.1 Å². The van der Waals surface area contributed by atoms with Crippen molar-refractivity contribution >= 4 is 23.2 Å². The van der Waals surface area contributed by atoms with Crippen LogP contribution in [-0.4, -0.2) is 47.3 Å². The highest BCUT2D eigenvalue weighted by atomic mass is 32.1. The van der Waals surface area contributed by atoms with Gasteiger partial charge in [-0.15, -0.1) is 11.3 Å². The van der Waals surface area contributed by atoms with E-state index < -0.39 is 30.7 Å². The molecule has 0 aromatic carbocycles. The minimum atomic E-state index is -3.08. The number of hydrogen-bond acceptors (Lipinski definition) is 4. The van der Waals surface area contributed by atoms with Gasteiger partial charge in [-0.05, 0) is 13.0 Å². The second-order valence-electron chi connectivity index (χ2n) is 4.68. The van der Waals surface area contributed by atoms with Crippen LogP contribution in [0, 0.1) is 6.92 Å². The summed E-state index contributed by atoms with van der Waals surface area (Å²) >= 11 is 0.940. The number of carbonyl (C=O) groups excluding carboxylic acids is 1. The van der Waals surface area contributed by atoms with E-state index >= 15 is 0 Å². The second-order valence-corrected chi connectivity index (χ2v) is 5.93. The lowest BCUT2D eigenvalue weighted by molar-refractivity contribution is -0.149. The van der Waals surface area contributed by atoms with Crippen LogP contribution in [0.25, 0.3) is 0 Å². The van der Waals surface area contributed by atoms with E-state index in [0.717, 1.165) is 16.2 Å². The standard InChI is InChI=1S/C12H12F3NO4S/c1-6-4-7(20-11(13)14)8(21-6)9(17)16-3-2-12(15,5-16)10(18)19/h4,11H,2-3,5H2,1H3,(H,18,19). The molecule has 1 aliphatic heterocycles. The lowest BCUT2D eigenvalue weighted by Gasteiger charge is -2.17. The molecule has 1 aromatic rings. The highest BCUT2D eigenvalue weighted by Gasteiger charge is 2.47. The quantitative estimate of drug-likeness (QED) is 0.923. The van der Waals surface area contributed by atoms with Gasteiger partial charge in [-0.25, -0.2) is 9.18 Å². The second kappa shape index (κ2) is 5.55. The summed E-state index contributed by atoms with van der Waals surface area (Å²) in [5.74, 6) is -2.61. The molecule has 1 fully saturated rings. The van der Waals surface area contributed by atoms with Crippen LogP contribution in [-0.2, 0) is 4.79 Å². The van der Waals surface area contributed by atoms with Gasteiger partial charge in [0.15, 0.2) is 0 Å². The molecule has 1 N–H and O–H groups in total. The summed E-state index contributed by atoms with van der Waals surface area (Å²) < 4.78 is 42.8. The first-order valence-electron chi connectivity index (χ1n) is 6.00. The Morgan fingerprint density at radius 3 is 2.71 bits per heavy atom. The van der Waals surface area contributed by atoms with Crippen LogP contribution in [0.2, 0.25) is 0 Å². The van der Waals surface area contributed by atoms with E-state index in [1.807, 2.05) is 0 Å². The minimum Gasteiger partial charge on any atom is -0.479 e. The van der Waals surface area contributed by atoms with Crippen LogP contribution >= 0.6 is 11.3 Å². The van der Waals surface area contributed by atoms with E-state index in [-0.39, 0.29) is 23.6 Å². The smallest absolute Gasteiger partial charge is 0.387 e. The first kappa shape index (κ1) is 15.6. The number of aliphatic carboxylic acids is 1. The number of carboxylic acid groups (broad SMARTS) is 1. The van der Waals surface area contributed by atoms with Crippen LogP contribution < -0.4 is 4.74 Å². The van der Waals surface area contributed by atoms with Gasteiger partial charge in [0.2, 0.25) is 5.67 Å². The molecular formula is C12H12F3NO4S. The molecule has 1 saturated heterocycles. The third-order valence-corrected chi connectivity index (χ3v) is 4.14. The zero-order valence-corrected chi connectivity index (χ0v) is 11.8. The number of nitrogens with zero attached hydrogens (tertiary/aromatic N) is 1. The normalized spacial score (nSPS) is 21.9. The van der Waals surface area contributed by atoms with Crippen molar-refractivity contribution in [2.45, 2.75) is 25.6 Å². The summed E-state index contributed by atoms with van der Waals surface area (Å²) in [7, 11) is 0. The summed E-state index contributed by atoms with van der Waals surface area (Å²) in [6.07, 6.45) is -0.330. The number of amides is 1. The monoisotopic (exact) mass is 323 g/mol. The Morgan fingerprint density at radius 2 is 2.19 bits per heavy atom. The molecule has 1 aliphatic rings. The van der Waals surface area contributed by atoms with Gasteiger partial charge in [-0.1, -0.05) is 0 Å². The number of halogens is 3. The fraction of sp³-hybridized carbons (Fsp3) is 0.500. The van der Waals surface area contributed by atoms with E-state index in [2.05, 4.69) is 4.74 Å². The predicted octanol–water partition coefficient (Wildman–Crippen LogP) is 2.30.